The minimum atomic E-state index is 0.432. The number of ether oxygens (including phenoxy) is 1. The molecule has 0 amide bonds. The summed E-state index contributed by atoms with van der Waals surface area (Å²) in [6.07, 6.45) is 11.9. The van der Waals surface area contributed by atoms with Crippen molar-refractivity contribution < 1.29 is 4.74 Å². The number of rotatable bonds is 2. The van der Waals surface area contributed by atoms with E-state index in [-0.39, 0.29) is 0 Å². The lowest BCUT2D eigenvalue weighted by molar-refractivity contribution is 0.00939. The van der Waals surface area contributed by atoms with Gasteiger partial charge in [0.1, 0.15) is 0 Å². The van der Waals surface area contributed by atoms with E-state index in [0.717, 1.165) is 12.6 Å². The highest BCUT2D eigenvalue weighted by Crippen LogP contribution is 2.52. The van der Waals surface area contributed by atoms with Crippen molar-refractivity contribution in [3.05, 3.63) is 0 Å². The van der Waals surface area contributed by atoms with Crippen LogP contribution in [0.5, 0.6) is 0 Å². The van der Waals surface area contributed by atoms with E-state index in [0.29, 0.717) is 17.6 Å². The number of nitrogens with one attached hydrogen (secondary N) is 1. The van der Waals surface area contributed by atoms with Gasteiger partial charge in [-0.1, -0.05) is 19.3 Å². The highest BCUT2D eigenvalue weighted by Gasteiger charge is 2.47. The molecule has 16 heavy (non-hydrogen) atoms. The van der Waals surface area contributed by atoms with Crippen LogP contribution in [0.4, 0.5) is 0 Å². The Morgan fingerprint density at radius 3 is 2.44 bits per heavy atom. The SMILES string of the molecule is CC1OCCC1NC1CCC12CCCCC2. The molecule has 0 aromatic heterocycles. The van der Waals surface area contributed by atoms with E-state index in [1.165, 1.54) is 51.4 Å². The Labute approximate surface area is 99.1 Å². The van der Waals surface area contributed by atoms with Crippen LogP contribution < -0.4 is 5.32 Å². The maximum absolute atomic E-state index is 5.65. The van der Waals surface area contributed by atoms with Crippen LogP contribution in [0.15, 0.2) is 0 Å². The Morgan fingerprint density at radius 2 is 1.88 bits per heavy atom. The summed E-state index contributed by atoms with van der Waals surface area (Å²) in [6, 6.07) is 1.44. The topological polar surface area (TPSA) is 21.3 Å². The Hall–Kier alpha value is -0.0800. The van der Waals surface area contributed by atoms with Crippen LogP contribution >= 0.6 is 0 Å². The zero-order valence-corrected chi connectivity index (χ0v) is 10.5. The van der Waals surface area contributed by atoms with E-state index in [4.69, 9.17) is 4.74 Å². The lowest BCUT2D eigenvalue weighted by atomic mass is 9.57. The normalized spacial score (nSPS) is 42.2. The number of hydrogen-bond donors (Lipinski definition) is 1. The van der Waals surface area contributed by atoms with Crippen LogP contribution in [0.3, 0.4) is 0 Å². The van der Waals surface area contributed by atoms with Crippen LogP contribution in [0, 0.1) is 5.41 Å². The van der Waals surface area contributed by atoms with Gasteiger partial charge in [0.25, 0.3) is 0 Å². The highest BCUT2D eigenvalue weighted by molar-refractivity contribution is 5.03. The molecular weight excluding hydrogens is 198 g/mol. The molecule has 1 heterocycles. The molecule has 1 aliphatic heterocycles. The molecule has 3 aliphatic rings. The summed E-state index contributed by atoms with van der Waals surface area (Å²) >= 11 is 0. The Kier molecular flexibility index (Phi) is 2.97. The van der Waals surface area contributed by atoms with Crippen LogP contribution in [-0.2, 0) is 4.74 Å². The lowest BCUT2D eigenvalue weighted by Gasteiger charge is -2.53. The van der Waals surface area contributed by atoms with E-state index in [1.54, 1.807) is 0 Å². The second-order valence-corrected chi connectivity index (χ2v) is 6.15. The standard InChI is InChI=1S/C14H25NO/c1-11-12(6-10-16-11)15-13-5-9-14(13)7-3-2-4-8-14/h11-13,15H,2-10H2,1H3. The Balaban J connectivity index is 1.58. The summed E-state index contributed by atoms with van der Waals surface area (Å²) in [6.45, 7) is 3.18. The van der Waals surface area contributed by atoms with Crippen LogP contribution in [-0.4, -0.2) is 24.8 Å². The number of hydrogen-bond acceptors (Lipinski definition) is 2. The van der Waals surface area contributed by atoms with Crippen LogP contribution in [0.25, 0.3) is 0 Å². The monoisotopic (exact) mass is 223 g/mol. The molecule has 2 heteroatoms. The molecule has 1 saturated heterocycles. The predicted octanol–water partition coefficient (Wildman–Crippen LogP) is 2.87. The quantitative estimate of drug-likeness (QED) is 0.777. The molecule has 0 aromatic carbocycles. The molecule has 2 saturated carbocycles. The smallest absolute Gasteiger partial charge is 0.0700 e. The molecule has 2 aliphatic carbocycles. The summed E-state index contributed by atoms with van der Waals surface area (Å²) in [7, 11) is 0. The van der Waals surface area contributed by atoms with Crippen molar-refractivity contribution in [3.63, 3.8) is 0 Å². The third-order valence-corrected chi connectivity index (χ3v) is 5.31. The van der Waals surface area contributed by atoms with Crippen molar-refractivity contribution in [3.8, 4) is 0 Å². The molecule has 0 radical (unpaired) electrons. The van der Waals surface area contributed by atoms with Crippen molar-refractivity contribution in [1.82, 2.24) is 5.32 Å². The fourth-order valence-electron chi connectivity index (χ4n) is 4.02. The summed E-state index contributed by atoms with van der Waals surface area (Å²) in [5.74, 6) is 0. The zero-order chi connectivity index (χ0) is 11.0. The second kappa shape index (κ2) is 4.30. The molecule has 3 atom stereocenters. The highest BCUT2D eigenvalue weighted by atomic mass is 16.5. The van der Waals surface area contributed by atoms with Gasteiger partial charge in [-0.25, -0.2) is 0 Å². The first-order valence-electron chi connectivity index (χ1n) is 7.18. The van der Waals surface area contributed by atoms with Crippen molar-refractivity contribution in [2.45, 2.75) is 76.5 Å². The van der Waals surface area contributed by atoms with Gasteiger partial charge >= 0.3 is 0 Å². The van der Waals surface area contributed by atoms with E-state index < -0.39 is 0 Å². The van der Waals surface area contributed by atoms with Gasteiger partial charge < -0.3 is 10.1 Å². The minimum Gasteiger partial charge on any atom is -0.377 e. The van der Waals surface area contributed by atoms with Gasteiger partial charge in [0.2, 0.25) is 0 Å². The molecule has 1 spiro atoms. The molecule has 3 unspecified atom stereocenters. The fourth-order valence-corrected chi connectivity index (χ4v) is 4.02. The summed E-state index contributed by atoms with van der Waals surface area (Å²) in [4.78, 5) is 0. The Morgan fingerprint density at radius 1 is 1.06 bits per heavy atom. The lowest BCUT2D eigenvalue weighted by Crippen LogP contribution is -2.58. The second-order valence-electron chi connectivity index (χ2n) is 6.15. The first kappa shape index (κ1) is 11.0. The molecule has 3 fully saturated rings. The third-order valence-electron chi connectivity index (χ3n) is 5.31. The Bertz CT molecular complexity index is 247. The van der Waals surface area contributed by atoms with Crippen LogP contribution in [0.1, 0.15) is 58.3 Å². The molecule has 0 aromatic rings. The third kappa shape index (κ3) is 1.80. The van der Waals surface area contributed by atoms with Gasteiger partial charge in [0.15, 0.2) is 0 Å². The van der Waals surface area contributed by atoms with E-state index >= 15 is 0 Å². The average Bonchev–Trinajstić information content (AvgIpc) is 2.72. The van der Waals surface area contributed by atoms with Crippen molar-refractivity contribution >= 4 is 0 Å². The zero-order valence-electron chi connectivity index (χ0n) is 10.5. The molecule has 1 N–H and O–H groups in total. The van der Waals surface area contributed by atoms with Crippen molar-refractivity contribution in [2.24, 2.45) is 5.41 Å². The maximum Gasteiger partial charge on any atom is 0.0700 e. The van der Waals surface area contributed by atoms with Gasteiger partial charge in [-0.3, -0.25) is 0 Å². The first-order valence-corrected chi connectivity index (χ1v) is 7.18. The maximum atomic E-state index is 5.65. The summed E-state index contributed by atoms with van der Waals surface area (Å²) < 4.78 is 5.65. The fraction of sp³-hybridized carbons (Fsp3) is 1.00. The first-order chi connectivity index (χ1) is 7.80. The summed E-state index contributed by atoms with van der Waals surface area (Å²) in [5, 5.41) is 3.90. The molecule has 92 valence electrons. The van der Waals surface area contributed by atoms with Gasteiger partial charge in [0, 0.05) is 18.7 Å². The van der Waals surface area contributed by atoms with Gasteiger partial charge in [-0.2, -0.15) is 0 Å². The molecule has 3 rings (SSSR count). The van der Waals surface area contributed by atoms with Gasteiger partial charge in [-0.15, -0.1) is 0 Å². The molecule has 2 nitrogen and oxygen atoms in total. The molecule has 0 bridgehead atoms. The summed E-state index contributed by atoms with van der Waals surface area (Å²) in [5.41, 5.74) is 0.695. The van der Waals surface area contributed by atoms with Gasteiger partial charge in [-0.05, 0) is 44.4 Å². The van der Waals surface area contributed by atoms with Gasteiger partial charge in [0.05, 0.1) is 6.10 Å². The van der Waals surface area contributed by atoms with E-state index in [2.05, 4.69) is 12.2 Å². The van der Waals surface area contributed by atoms with E-state index in [1.807, 2.05) is 0 Å². The van der Waals surface area contributed by atoms with Crippen molar-refractivity contribution in [2.75, 3.05) is 6.61 Å². The largest absolute Gasteiger partial charge is 0.377 e. The van der Waals surface area contributed by atoms with Crippen molar-refractivity contribution in [1.29, 1.82) is 0 Å². The minimum absolute atomic E-state index is 0.432. The molecular formula is C14H25NO. The van der Waals surface area contributed by atoms with E-state index in [9.17, 15) is 0 Å². The predicted molar refractivity (Wildman–Crippen MR) is 65.5 cm³/mol. The average molecular weight is 223 g/mol. The van der Waals surface area contributed by atoms with Crippen LogP contribution in [0.2, 0.25) is 0 Å².